The molecular weight excluding hydrogens is 325 g/mol. The third-order valence-electron chi connectivity index (χ3n) is 3.53. The minimum Gasteiger partial charge on any atom is -0.335 e. The number of urea groups is 1. The minimum atomic E-state index is -0.227. The summed E-state index contributed by atoms with van der Waals surface area (Å²) in [6.45, 7) is 2.10. The van der Waals surface area contributed by atoms with E-state index in [1.54, 1.807) is 6.07 Å². The lowest BCUT2D eigenvalue weighted by Crippen LogP contribution is -2.37. The van der Waals surface area contributed by atoms with Crippen LogP contribution in [0.2, 0.25) is 10.0 Å². The van der Waals surface area contributed by atoms with Gasteiger partial charge in [-0.25, -0.2) is 9.78 Å². The molecular formula is C14H15Cl2N5O. The lowest BCUT2D eigenvalue weighted by molar-refractivity contribution is 0.239. The first-order chi connectivity index (χ1) is 10.5. The van der Waals surface area contributed by atoms with Crippen molar-refractivity contribution in [2.24, 2.45) is 0 Å². The summed E-state index contributed by atoms with van der Waals surface area (Å²) in [5.74, 6) is 1.56. The number of nitrogens with zero attached hydrogens (tertiary/aromatic N) is 2. The van der Waals surface area contributed by atoms with Crippen molar-refractivity contribution in [3.05, 3.63) is 45.5 Å². The third-order valence-corrected chi connectivity index (χ3v) is 4.27. The van der Waals surface area contributed by atoms with Gasteiger partial charge in [-0.05, 0) is 31.0 Å². The van der Waals surface area contributed by atoms with Gasteiger partial charge < -0.3 is 10.6 Å². The number of benzene rings is 1. The fourth-order valence-electron chi connectivity index (χ4n) is 2.31. The van der Waals surface area contributed by atoms with Gasteiger partial charge in [0.2, 0.25) is 0 Å². The number of hydrogen-bond acceptors (Lipinski definition) is 3. The van der Waals surface area contributed by atoms with Crippen LogP contribution >= 0.6 is 23.2 Å². The number of aromatic amines is 1. The van der Waals surface area contributed by atoms with E-state index in [1.165, 1.54) is 0 Å². The highest BCUT2D eigenvalue weighted by Gasteiger charge is 2.39. The Hall–Kier alpha value is -1.79. The highest BCUT2D eigenvalue weighted by Crippen LogP contribution is 2.42. The molecule has 0 bridgehead atoms. The van der Waals surface area contributed by atoms with Crippen LogP contribution in [0.1, 0.15) is 29.6 Å². The molecule has 8 heteroatoms. The maximum absolute atomic E-state index is 11.8. The second-order valence-corrected chi connectivity index (χ2v) is 6.10. The molecule has 6 nitrogen and oxygen atoms in total. The summed E-state index contributed by atoms with van der Waals surface area (Å²) < 4.78 is 0. The molecule has 1 fully saturated rings. The zero-order chi connectivity index (χ0) is 15.7. The lowest BCUT2D eigenvalue weighted by Gasteiger charge is -2.06. The SMILES string of the molecule is Cc1nc(CNC(=O)N[C@@H]2C[C@H]2c2ccc(Cl)c(Cl)c2)n[nH]1. The molecule has 2 aromatic rings. The van der Waals surface area contributed by atoms with Gasteiger partial charge in [0.25, 0.3) is 0 Å². The molecule has 2 atom stereocenters. The Morgan fingerprint density at radius 1 is 1.41 bits per heavy atom. The molecule has 1 aliphatic rings. The zero-order valence-electron chi connectivity index (χ0n) is 11.9. The van der Waals surface area contributed by atoms with E-state index in [4.69, 9.17) is 23.2 Å². The van der Waals surface area contributed by atoms with Crippen molar-refractivity contribution in [3.8, 4) is 0 Å². The van der Waals surface area contributed by atoms with Gasteiger partial charge in [-0.2, -0.15) is 5.10 Å². The normalized spacial score (nSPS) is 19.8. The van der Waals surface area contributed by atoms with Crippen LogP contribution in [0.25, 0.3) is 0 Å². The summed E-state index contributed by atoms with van der Waals surface area (Å²) >= 11 is 11.9. The van der Waals surface area contributed by atoms with Gasteiger partial charge in [-0.3, -0.25) is 5.10 Å². The quantitative estimate of drug-likeness (QED) is 0.800. The maximum atomic E-state index is 11.8. The number of H-pyrrole nitrogens is 1. The number of halogens is 2. The second kappa shape index (κ2) is 6.14. The molecule has 0 saturated heterocycles. The molecule has 2 amide bonds. The molecule has 1 heterocycles. The molecule has 1 aliphatic carbocycles. The van der Waals surface area contributed by atoms with Crippen molar-refractivity contribution in [2.75, 3.05) is 0 Å². The number of carbonyl (C=O) groups excluding carboxylic acids is 1. The van der Waals surface area contributed by atoms with Gasteiger partial charge in [-0.1, -0.05) is 29.3 Å². The molecule has 116 valence electrons. The molecule has 1 aromatic heterocycles. The van der Waals surface area contributed by atoms with Gasteiger partial charge in [0, 0.05) is 12.0 Å². The summed E-state index contributed by atoms with van der Waals surface area (Å²) in [6, 6.07) is 5.46. The van der Waals surface area contributed by atoms with Crippen molar-refractivity contribution >= 4 is 29.2 Å². The first-order valence-electron chi connectivity index (χ1n) is 6.90. The van der Waals surface area contributed by atoms with Gasteiger partial charge >= 0.3 is 6.03 Å². The molecule has 0 aliphatic heterocycles. The Balaban J connectivity index is 1.48. The molecule has 0 unspecified atom stereocenters. The summed E-state index contributed by atoms with van der Waals surface area (Å²) in [7, 11) is 0. The number of hydrogen-bond donors (Lipinski definition) is 3. The molecule has 0 spiro atoms. The third kappa shape index (κ3) is 3.51. The topological polar surface area (TPSA) is 82.7 Å². The van der Waals surface area contributed by atoms with Gasteiger partial charge in [0.1, 0.15) is 5.82 Å². The first-order valence-corrected chi connectivity index (χ1v) is 7.65. The van der Waals surface area contributed by atoms with E-state index in [9.17, 15) is 4.79 Å². The van der Waals surface area contributed by atoms with E-state index >= 15 is 0 Å². The molecule has 0 radical (unpaired) electrons. The Morgan fingerprint density at radius 3 is 2.91 bits per heavy atom. The molecule has 1 saturated carbocycles. The van der Waals surface area contributed by atoms with E-state index in [0.717, 1.165) is 17.8 Å². The van der Waals surface area contributed by atoms with Crippen LogP contribution < -0.4 is 10.6 Å². The van der Waals surface area contributed by atoms with Crippen LogP contribution in [0.4, 0.5) is 4.79 Å². The summed E-state index contributed by atoms with van der Waals surface area (Å²) in [6.07, 6.45) is 0.894. The van der Waals surface area contributed by atoms with Crippen molar-refractivity contribution < 1.29 is 4.79 Å². The van der Waals surface area contributed by atoms with Crippen LogP contribution in [0, 0.1) is 6.92 Å². The number of aryl methyl sites for hydroxylation is 1. The Labute approximate surface area is 137 Å². The Morgan fingerprint density at radius 2 is 2.23 bits per heavy atom. The van der Waals surface area contributed by atoms with E-state index in [0.29, 0.717) is 22.4 Å². The van der Waals surface area contributed by atoms with E-state index in [-0.39, 0.29) is 18.0 Å². The first kappa shape index (κ1) is 15.1. The highest BCUT2D eigenvalue weighted by atomic mass is 35.5. The number of aromatic nitrogens is 3. The van der Waals surface area contributed by atoms with Crippen LogP contribution in [0.3, 0.4) is 0 Å². The summed E-state index contributed by atoms with van der Waals surface area (Å²) in [5.41, 5.74) is 1.09. The lowest BCUT2D eigenvalue weighted by atomic mass is 10.1. The largest absolute Gasteiger partial charge is 0.335 e. The van der Waals surface area contributed by atoms with Crippen molar-refractivity contribution in [2.45, 2.75) is 31.8 Å². The van der Waals surface area contributed by atoms with Gasteiger partial charge in [0.05, 0.1) is 16.6 Å². The average molecular weight is 340 g/mol. The number of nitrogens with one attached hydrogen (secondary N) is 3. The van der Waals surface area contributed by atoms with Crippen molar-refractivity contribution in [1.29, 1.82) is 0 Å². The standard InChI is InChI=1S/C14H15Cl2N5O/c1-7-18-13(21-20-7)6-17-14(22)19-12-5-9(12)8-2-3-10(15)11(16)4-8/h2-4,9,12H,5-6H2,1H3,(H2,17,19,22)(H,18,20,21)/t9-,12+/m0/s1. The molecule has 1 aromatic carbocycles. The molecule has 3 rings (SSSR count). The van der Waals surface area contributed by atoms with E-state index in [1.807, 2.05) is 19.1 Å². The Kier molecular flexibility index (Phi) is 4.22. The van der Waals surface area contributed by atoms with E-state index < -0.39 is 0 Å². The monoisotopic (exact) mass is 339 g/mol. The molecule has 22 heavy (non-hydrogen) atoms. The molecule has 3 N–H and O–H groups in total. The van der Waals surface area contributed by atoms with Crippen LogP contribution in [0.15, 0.2) is 18.2 Å². The fraction of sp³-hybridized carbons (Fsp3) is 0.357. The number of rotatable bonds is 4. The summed E-state index contributed by atoms with van der Waals surface area (Å²) in [5, 5.41) is 13.4. The van der Waals surface area contributed by atoms with Crippen molar-refractivity contribution in [3.63, 3.8) is 0 Å². The second-order valence-electron chi connectivity index (χ2n) is 5.29. The van der Waals surface area contributed by atoms with Gasteiger partial charge in [0.15, 0.2) is 5.82 Å². The van der Waals surface area contributed by atoms with Crippen LogP contribution in [-0.4, -0.2) is 27.3 Å². The predicted molar refractivity (Wildman–Crippen MR) is 84.1 cm³/mol. The highest BCUT2D eigenvalue weighted by molar-refractivity contribution is 6.42. The smallest absolute Gasteiger partial charge is 0.315 e. The fourth-order valence-corrected chi connectivity index (χ4v) is 2.62. The van der Waals surface area contributed by atoms with Crippen molar-refractivity contribution in [1.82, 2.24) is 25.8 Å². The van der Waals surface area contributed by atoms with Crippen LogP contribution in [-0.2, 0) is 6.54 Å². The average Bonchev–Trinajstić information content (AvgIpc) is 3.11. The number of amides is 2. The van der Waals surface area contributed by atoms with Gasteiger partial charge in [-0.15, -0.1) is 0 Å². The maximum Gasteiger partial charge on any atom is 0.315 e. The summed E-state index contributed by atoms with van der Waals surface area (Å²) in [4.78, 5) is 16.0. The number of carbonyl (C=O) groups is 1. The Bertz CT molecular complexity index is 702. The van der Waals surface area contributed by atoms with E-state index in [2.05, 4.69) is 25.8 Å². The predicted octanol–water partition coefficient (Wildman–Crippen LogP) is 2.78. The minimum absolute atomic E-state index is 0.117. The zero-order valence-corrected chi connectivity index (χ0v) is 13.4. The van der Waals surface area contributed by atoms with Crippen LogP contribution in [0.5, 0.6) is 0 Å².